The van der Waals surface area contributed by atoms with Gasteiger partial charge in [-0.15, -0.1) is 0 Å². The second kappa shape index (κ2) is 5.76. The molecule has 6 nitrogen and oxygen atoms in total. The lowest BCUT2D eigenvalue weighted by Crippen LogP contribution is -2.21. The first-order valence-electron chi connectivity index (χ1n) is 7.68. The van der Waals surface area contributed by atoms with Crippen molar-refractivity contribution in [1.29, 1.82) is 0 Å². The first kappa shape index (κ1) is 14.9. The minimum absolute atomic E-state index is 0.229. The molecule has 0 saturated carbocycles. The van der Waals surface area contributed by atoms with Crippen LogP contribution in [0.2, 0.25) is 0 Å². The van der Waals surface area contributed by atoms with Gasteiger partial charge in [0.05, 0.1) is 11.1 Å². The molecule has 25 heavy (non-hydrogen) atoms. The van der Waals surface area contributed by atoms with E-state index in [0.717, 1.165) is 0 Å². The molecule has 0 saturated heterocycles. The maximum absolute atomic E-state index is 13.0. The Morgan fingerprint density at radius 2 is 1.40 bits per heavy atom. The average molecular weight is 331 g/mol. The third-order valence-corrected chi connectivity index (χ3v) is 4.02. The van der Waals surface area contributed by atoms with Crippen molar-refractivity contribution in [1.82, 2.24) is 15.0 Å². The molecular formula is C19H13N3O3. The summed E-state index contributed by atoms with van der Waals surface area (Å²) in [6, 6.07) is 17.9. The van der Waals surface area contributed by atoms with Crippen molar-refractivity contribution in [2.75, 3.05) is 0 Å². The highest BCUT2D eigenvalue weighted by molar-refractivity contribution is 6.16. The second-order valence-electron chi connectivity index (χ2n) is 5.59. The topological polar surface area (TPSA) is 98.6 Å². The number of rotatable bonds is 3. The van der Waals surface area contributed by atoms with Gasteiger partial charge in [0.1, 0.15) is 5.65 Å². The Morgan fingerprint density at radius 3 is 2.08 bits per heavy atom. The number of benzene rings is 2. The van der Waals surface area contributed by atoms with Gasteiger partial charge in [0.25, 0.3) is 5.56 Å². The number of fused-ring (bicyclic) bond motifs is 1. The predicted octanol–water partition coefficient (Wildman–Crippen LogP) is 2.44. The summed E-state index contributed by atoms with van der Waals surface area (Å²) < 4.78 is 0. The van der Waals surface area contributed by atoms with E-state index in [2.05, 4.69) is 15.0 Å². The number of hydrogen-bond acceptors (Lipinski definition) is 3. The van der Waals surface area contributed by atoms with Gasteiger partial charge in [-0.25, -0.2) is 4.79 Å². The first-order valence-corrected chi connectivity index (χ1v) is 7.68. The Hall–Kier alpha value is -3.67. The molecule has 2 heterocycles. The van der Waals surface area contributed by atoms with Crippen molar-refractivity contribution >= 4 is 16.8 Å². The van der Waals surface area contributed by atoms with Crippen LogP contribution in [-0.4, -0.2) is 20.7 Å². The molecular weight excluding hydrogens is 318 g/mol. The van der Waals surface area contributed by atoms with Crippen LogP contribution in [0.15, 0.2) is 70.3 Å². The number of ketones is 1. The van der Waals surface area contributed by atoms with E-state index in [1.165, 1.54) is 0 Å². The number of aromatic nitrogens is 3. The van der Waals surface area contributed by atoms with E-state index in [-0.39, 0.29) is 22.5 Å². The van der Waals surface area contributed by atoms with Crippen LogP contribution in [0.4, 0.5) is 0 Å². The Labute approximate surface area is 141 Å². The number of aromatic amines is 3. The van der Waals surface area contributed by atoms with Crippen molar-refractivity contribution < 1.29 is 4.79 Å². The highest BCUT2D eigenvalue weighted by Crippen LogP contribution is 2.30. The molecule has 3 N–H and O–H groups in total. The Balaban J connectivity index is 2.08. The van der Waals surface area contributed by atoms with Crippen LogP contribution in [0.1, 0.15) is 16.1 Å². The smallest absolute Gasteiger partial charge is 0.327 e. The molecule has 0 atom stereocenters. The maximum Gasteiger partial charge on any atom is 0.327 e. The Morgan fingerprint density at radius 1 is 0.760 bits per heavy atom. The first-order chi connectivity index (χ1) is 12.1. The van der Waals surface area contributed by atoms with Gasteiger partial charge in [0.15, 0.2) is 0 Å². The summed E-state index contributed by atoms with van der Waals surface area (Å²) >= 11 is 0. The molecule has 2 aromatic heterocycles. The average Bonchev–Trinajstić information content (AvgIpc) is 3.02. The van der Waals surface area contributed by atoms with Crippen LogP contribution in [0.25, 0.3) is 22.2 Å². The van der Waals surface area contributed by atoms with Crippen molar-refractivity contribution in [3.63, 3.8) is 0 Å². The van der Waals surface area contributed by atoms with Crippen molar-refractivity contribution in [2.24, 2.45) is 0 Å². The quantitative estimate of drug-likeness (QED) is 0.503. The normalized spacial score (nSPS) is 10.9. The molecule has 0 aliphatic rings. The molecule has 0 amide bonds. The number of carbonyl (C=O) groups excluding carboxylic acids is 1. The summed E-state index contributed by atoms with van der Waals surface area (Å²) in [6.07, 6.45) is 0. The fraction of sp³-hybridized carbons (Fsp3) is 0. The zero-order valence-corrected chi connectivity index (χ0v) is 13.0. The van der Waals surface area contributed by atoms with E-state index >= 15 is 0 Å². The molecule has 122 valence electrons. The van der Waals surface area contributed by atoms with Crippen LogP contribution >= 0.6 is 0 Å². The van der Waals surface area contributed by atoms with Crippen LogP contribution in [0, 0.1) is 0 Å². The van der Waals surface area contributed by atoms with E-state index in [0.29, 0.717) is 16.7 Å². The molecule has 0 spiro atoms. The van der Waals surface area contributed by atoms with Crippen LogP contribution in [0.5, 0.6) is 0 Å². The van der Waals surface area contributed by atoms with Crippen molar-refractivity contribution in [2.45, 2.75) is 0 Å². The lowest BCUT2D eigenvalue weighted by molar-refractivity contribution is 0.103. The van der Waals surface area contributed by atoms with E-state index in [1.807, 2.05) is 36.4 Å². The summed E-state index contributed by atoms with van der Waals surface area (Å²) in [4.78, 5) is 44.6. The van der Waals surface area contributed by atoms with Gasteiger partial charge in [0.2, 0.25) is 5.78 Å². The number of nitrogens with one attached hydrogen (secondary N) is 3. The summed E-state index contributed by atoms with van der Waals surface area (Å²) in [5.74, 6) is -0.254. The summed E-state index contributed by atoms with van der Waals surface area (Å²) in [5.41, 5.74) is 1.00. The summed E-state index contributed by atoms with van der Waals surface area (Å²) in [6.45, 7) is 0. The van der Waals surface area contributed by atoms with Crippen molar-refractivity contribution in [3.8, 4) is 11.1 Å². The van der Waals surface area contributed by atoms with Gasteiger partial charge in [-0.1, -0.05) is 60.7 Å². The van der Waals surface area contributed by atoms with Gasteiger partial charge in [-0.2, -0.15) is 0 Å². The fourth-order valence-electron chi connectivity index (χ4n) is 2.93. The molecule has 4 rings (SSSR count). The van der Waals surface area contributed by atoms with Gasteiger partial charge in [-0.05, 0) is 5.56 Å². The molecule has 4 aromatic rings. The molecule has 0 fully saturated rings. The van der Waals surface area contributed by atoms with Gasteiger partial charge < -0.3 is 4.98 Å². The molecule has 0 unspecified atom stereocenters. The van der Waals surface area contributed by atoms with Crippen molar-refractivity contribution in [3.05, 3.63) is 92.8 Å². The fourth-order valence-corrected chi connectivity index (χ4v) is 2.93. The third kappa shape index (κ3) is 2.49. The lowest BCUT2D eigenvalue weighted by Gasteiger charge is -2.04. The van der Waals surface area contributed by atoms with Gasteiger partial charge in [0, 0.05) is 11.1 Å². The van der Waals surface area contributed by atoms with Gasteiger partial charge in [-0.3, -0.25) is 19.6 Å². The molecule has 2 aromatic carbocycles. The largest absolute Gasteiger partial charge is 0.337 e. The number of hydrogen-bond donors (Lipinski definition) is 3. The second-order valence-corrected chi connectivity index (χ2v) is 5.59. The van der Waals surface area contributed by atoms with Gasteiger partial charge >= 0.3 is 5.69 Å². The van der Waals surface area contributed by atoms with Crippen LogP contribution in [0.3, 0.4) is 0 Å². The molecule has 0 aliphatic heterocycles. The molecule has 0 aliphatic carbocycles. The highest BCUT2D eigenvalue weighted by Gasteiger charge is 2.22. The zero-order valence-electron chi connectivity index (χ0n) is 13.0. The summed E-state index contributed by atoms with van der Waals surface area (Å²) in [7, 11) is 0. The van der Waals surface area contributed by atoms with E-state index in [9.17, 15) is 14.4 Å². The zero-order chi connectivity index (χ0) is 17.4. The Bertz CT molecular complexity index is 1190. The SMILES string of the molecule is O=C(c1ccccc1)c1[nH]c2[nH]c(=O)[nH]c(=O)c2c1-c1ccccc1. The van der Waals surface area contributed by atoms with Crippen LogP contribution in [-0.2, 0) is 0 Å². The van der Waals surface area contributed by atoms with E-state index in [1.54, 1.807) is 24.3 Å². The lowest BCUT2D eigenvalue weighted by atomic mass is 9.98. The third-order valence-electron chi connectivity index (χ3n) is 4.02. The molecule has 0 radical (unpaired) electrons. The monoisotopic (exact) mass is 331 g/mol. The number of H-pyrrole nitrogens is 3. The highest BCUT2D eigenvalue weighted by atomic mass is 16.2. The Kier molecular flexibility index (Phi) is 3.43. The predicted molar refractivity (Wildman–Crippen MR) is 94.9 cm³/mol. The number of carbonyl (C=O) groups is 1. The summed E-state index contributed by atoms with van der Waals surface area (Å²) in [5, 5.41) is 0.255. The van der Waals surface area contributed by atoms with E-state index in [4.69, 9.17) is 0 Å². The minimum Gasteiger partial charge on any atom is -0.337 e. The minimum atomic E-state index is -0.628. The maximum atomic E-state index is 13.0. The standard InChI is InChI=1S/C19H13N3O3/c23-16(12-9-5-2-6-10-12)15-13(11-7-3-1-4-8-11)14-17(20-15)21-19(25)22-18(14)24/h1-10H,(H3,20,21,22,24,25). The van der Waals surface area contributed by atoms with Crippen LogP contribution < -0.4 is 11.2 Å². The molecule has 6 heteroatoms. The van der Waals surface area contributed by atoms with E-state index < -0.39 is 11.2 Å². The molecule has 0 bridgehead atoms.